The van der Waals surface area contributed by atoms with Gasteiger partial charge in [-0.3, -0.25) is 0 Å². The summed E-state index contributed by atoms with van der Waals surface area (Å²) < 4.78 is 72.1. The molecule has 0 heterocycles. The normalized spacial score (nSPS) is 11.0. The van der Waals surface area contributed by atoms with Gasteiger partial charge in [0.15, 0.2) is 0 Å². The van der Waals surface area contributed by atoms with Crippen molar-refractivity contribution in [3.05, 3.63) is 88.2 Å². The fourth-order valence-corrected chi connectivity index (χ4v) is 2.82. The molecule has 0 aromatic heterocycles. The molecule has 0 N–H and O–H groups in total. The van der Waals surface area contributed by atoms with Crippen molar-refractivity contribution in [3.8, 4) is 0 Å². The van der Waals surface area contributed by atoms with E-state index in [1.54, 1.807) is 0 Å². The molecule has 27 heavy (non-hydrogen) atoms. The molecule has 0 radical (unpaired) electrons. The summed E-state index contributed by atoms with van der Waals surface area (Å²) in [6.07, 6.45) is 0. The van der Waals surface area contributed by atoms with Crippen LogP contribution in [-0.4, -0.2) is 0 Å². The summed E-state index contributed by atoms with van der Waals surface area (Å²) in [4.78, 5) is 0.838. The van der Waals surface area contributed by atoms with Gasteiger partial charge in [0.2, 0.25) is 0 Å². The summed E-state index contributed by atoms with van der Waals surface area (Å²) in [5.74, 6) is -4.24. The molecule has 0 amide bonds. The Bertz CT molecular complexity index is 1010. The molecule has 3 aromatic carbocycles. The minimum atomic E-state index is -0.978. The van der Waals surface area contributed by atoms with Crippen LogP contribution in [0, 0.1) is 49.9 Å². The van der Waals surface area contributed by atoms with E-state index in [9.17, 15) is 22.0 Å². The lowest BCUT2D eigenvalue weighted by Crippen LogP contribution is -2.16. The second-order valence-corrected chi connectivity index (χ2v) is 6.40. The SMILES string of the molecule is Cc1cc(F)c(N(c2ccc(C)c(F)c2)c2cc(F)c(C)cc2F)c(F)c1. The molecule has 0 aliphatic rings. The van der Waals surface area contributed by atoms with Gasteiger partial charge in [-0.2, -0.15) is 0 Å². The molecule has 0 bridgehead atoms. The third-order valence-electron chi connectivity index (χ3n) is 4.27. The van der Waals surface area contributed by atoms with E-state index in [0.717, 1.165) is 35.2 Å². The summed E-state index contributed by atoms with van der Waals surface area (Å²) in [5.41, 5.74) is -0.425. The average molecular weight is 377 g/mol. The third-order valence-corrected chi connectivity index (χ3v) is 4.27. The number of halogens is 5. The standard InChI is InChI=1S/C21H16F5N/c1-11-6-18(25)21(19(26)7-11)27(14-5-4-12(2)15(22)9-14)20-10-16(23)13(3)8-17(20)24/h4-10H,1-3H3. The first-order valence-corrected chi connectivity index (χ1v) is 8.16. The van der Waals surface area contributed by atoms with Gasteiger partial charge >= 0.3 is 0 Å². The molecule has 0 aliphatic carbocycles. The summed E-state index contributed by atoms with van der Waals surface area (Å²) >= 11 is 0. The summed E-state index contributed by atoms with van der Waals surface area (Å²) in [7, 11) is 0. The van der Waals surface area contributed by atoms with Crippen LogP contribution in [0.4, 0.5) is 39.0 Å². The van der Waals surface area contributed by atoms with E-state index >= 15 is 0 Å². The van der Waals surface area contributed by atoms with Crippen LogP contribution in [-0.2, 0) is 0 Å². The largest absolute Gasteiger partial charge is 0.302 e. The third kappa shape index (κ3) is 3.52. The van der Waals surface area contributed by atoms with Gasteiger partial charge in [0, 0.05) is 11.8 Å². The molecule has 6 heteroatoms. The van der Waals surface area contributed by atoms with E-state index in [2.05, 4.69) is 0 Å². The smallest absolute Gasteiger partial charge is 0.150 e. The van der Waals surface area contributed by atoms with Crippen LogP contribution in [0.1, 0.15) is 16.7 Å². The highest BCUT2D eigenvalue weighted by atomic mass is 19.1. The summed E-state index contributed by atoms with van der Waals surface area (Å²) in [5, 5.41) is 0. The zero-order chi connectivity index (χ0) is 19.9. The maximum atomic E-state index is 14.6. The van der Waals surface area contributed by atoms with Crippen LogP contribution >= 0.6 is 0 Å². The van der Waals surface area contributed by atoms with Gasteiger partial charge < -0.3 is 4.90 Å². The fourth-order valence-electron chi connectivity index (χ4n) is 2.82. The molecule has 0 aliphatic heterocycles. The molecule has 0 spiro atoms. The first-order valence-electron chi connectivity index (χ1n) is 8.16. The maximum Gasteiger partial charge on any atom is 0.150 e. The van der Waals surface area contributed by atoms with Crippen molar-refractivity contribution < 1.29 is 22.0 Å². The first kappa shape index (κ1) is 18.9. The van der Waals surface area contributed by atoms with E-state index in [4.69, 9.17) is 0 Å². The minimum Gasteiger partial charge on any atom is -0.302 e. The van der Waals surface area contributed by atoms with Crippen molar-refractivity contribution in [2.24, 2.45) is 0 Å². The van der Waals surface area contributed by atoms with E-state index in [1.165, 1.54) is 32.9 Å². The van der Waals surface area contributed by atoms with Crippen molar-refractivity contribution >= 4 is 17.1 Å². The van der Waals surface area contributed by atoms with Crippen molar-refractivity contribution in [1.29, 1.82) is 0 Å². The van der Waals surface area contributed by atoms with Crippen molar-refractivity contribution in [2.45, 2.75) is 20.8 Å². The number of aryl methyl sites for hydroxylation is 3. The molecule has 0 fully saturated rings. The molecule has 0 unspecified atom stereocenters. The monoisotopic (exact) mass is 377 g/mol. The number of benzene rings is 3. The number of hydrogen-bond donors (Lipinski definition) is 0. The number of anilines is 3. The zero-order valence-corrected chi connectivity index (χ0v) is 14.9. The average Bonchev–Trinajstić information content (AvgIpc) is 2.57. The predicted molar refractivity (Wildman–Crippen MR) is 95.1 cm³/mol. The van der Waals surface area contributed by atoms with Gasteiger partial charge in [-0.15, -0.1) is 0 Å². The van der Waals surface area contributed by atoms with Crippen molar-refractivity contribution in [2.75, 3.05) is 4.90 Å². The minimum absolute atomic E-state index is 0.0381. The van der Waals surface area contributed by atoms with Gasteiger partial charge in [-0.1, -0.05) is 6.07 Å². The zero-order valence-electron chi connectivity index (χ0n) is 14.9. The second kappa shape index (κ2) is 7.02. The van der Waals surface area contributed by atoms with Crippen LogP contribution in [0.3, 0.4) is 0 Å². The molecule has 3 aromatic rings. The highest BCUT2D eigenvalue weighted by molar-refractivity contribution is 5.78. The molecular weight excluding hydrogens is 361 g/mol. The highest BCUT2D eigenvalue weighted by Crippen LogP contribution is 2.40. The fraction of sp³-hybridized carbons (Fsp3) is 0.143. The lowest BCUT2D eigenvalue weighted by molar-refractivity contribution is 0.576. The Hall–Kier alpha value is -2.89. The highest BCUT2D eigenvalue weighted by Gasteiger charge is 2.25. The van der Waals surface area contributed by atoms with Gasteiger partial charge in [-0.05, 0) is 67.8 Å². The van der Waals surface area contributed by atoms with E-state index in [-0.39, 0.29) is 11.3 Å². The summed E-state index contributed by atoms with van der Waals surface area (Å²) in [6, 6.07) is 7.69. The first-order chi connectivity index (χ1) is 12.7. The van der Waals surface area contributed by atoms with Gasteiger partial charge in [0.25, 0.3) is 0 Å². The molecule has 0 atom stereocenters. The Kier molecular flexibility index (Phi) is 4.91. The van der Waals surface area contributed by atoms with Gasteiger partial charge in [0.1, 0.15) is 34.8 Å². The van der Waals surface area contributed by atoms with Crippen molar-refractivity contribution in [1.82, 2.24) is 0 Å². The van der Waals surface area contributed by atoms with E-state index in [0.29, 0.717) is 11.1 Å². The molecule has 3 rings (SSSR count). The van der Waals surface area contributed by atoms with E-state index < -0.39 is 40.5 Å². The molecule has 1 nitrogen and oxygen atoms in total. The topological polar surface area (TPSA) is 3.24 Å². The lowest BCUT2D eigenvalue weighted by atomic mass is 10.1. The molecule has 140 valence electrons. The van der Waals surface area contributed by atoms with Gasteiger partial charge in [-0.25, -0.2) is 22.0 Å². The Morgan fingerprint density at radius 1 is 0.593 bits per heavy atom. The number of rotatable bonds is 3. The van der Waals surface area contributed by atoms with Crippen LogP contribution in [0.25, 0.3) is 0 Å². The summed E-state index contributed by atoms with van der Waals surface area (Å²) in [6.45, 7) is 4.38. The Morgan fingerprint density at radius 2 is 1.19 bits per heavy atom. The Balaban J connectivity index is 2.34. The van der Waals surface area contributed by atoms with Crippen LogP contribution in [0.5, 0.6) is 0 Å². The number of nitrogens with zero attached hydrogens (tertiary/aromatic N) is 1. The lowest BCUT2D eigenvalue weighted by Gasteiger charge is -2.27. The second-order valence-electron chi connectivity index (χ2n) is 6.40. The van der Waals surface area contributed by atoms with Crippen LogP contribution in [0.2, 0.25) is 0 Å². The quantitative estimate of drug-likeness (QED) is 0.455. The Labute approximate surface area is 153 Å². The van der Waals surface area contributed by atoms with Crippen LogP contribution in [0.15, 0.2) is 42.5 Å². The molecular formula is C21H16F5N. The van der Waals surface area contributed by atoms with Crippen molar-refractivity contribution in [3.63, 3.8) is 0 Å². The van der Waals surface area contributed by atoms with Crippen LogP contribution < -0.4 is 4.90 Å². The molecule has 0 saturated carbocycles. The number of hydrogen-bond acceptors (Lipinski definition) is 1. The Morgan fingerprint density at radius 3 is 1.78 bits per heavy atom. The van der Waals surface area contributed by atoms with Gasteiger partial charge in [0.05, 0.1) is 5.69 Å². The molecule has 0 saturated heterocycles. The van der Waals surface area contributed by atoms with E-state index in [1.807, 2.05) is 0 Å². The predicted octanol–water partition coefficient (Wildman–Crippen LogP) is 6.78. The maximum absolute atomic E-state index is 14.6.